The number of epoxide rings is 1. The van der Waals surface area contributed by atoms with Crippen LogP contribution in [0.5, 0.6) is 0 Å². The van der Waals surface area contributed by atoms with Gasteiger partial charge in [0, 0.05) is 5.92 Å². The Bertz CT molecular complexity index is 682. The Labute approximate surface area is 113 Å². The van der Waals surface area contributed by atoms with E-state index in [1.807, 2.05) is 13.0 Å². The van der Waals surface area contributed by atoms with E-state index >= 15 is 0 Å². The van der Waals surface area contributed by atoms with E-state index in [4.69, 9.17) is 4.74 Å². The molecule has 19 heavy (non-hydrogen) atoms. The lowest BCUT2D eigenvalue weighted by Gasteiger charge is -2.25. The van der Waals surface area contributed by atoms with Crippen molar-refractivity contribution in [1.82, 2.24) is 0 Å². The molecular weight excluding hydrogens is 262 g/mol. The van der Waals surface area contributed by atoms with Crippen LogP contribution in [0.3, 0.4) is 0 Å². The van der Waals surface area contributed by atoms with E-state index in [0.29, 0.717) is 5.92 Å². The zero-order chi connectivity index (χ0) is 13.5. The third kappa shape index (κ3) is 1.40. The Kier molecular flexibility index (Phi) is 2.05. The molecule has 4 atom stereocenters. The van der Waals surface area contributed by atoms with Crippen molar-refractivity contribution >= 4 is 15.7 Å². The summed E-state index contributed by atoms with van der Waals surface area (Å²) in [5.41, 5.74) is 4.37. The molecule has 3 aliphatic rings. The molecule has 4 rings (SSSR count). The second kappa shape index (κ2) is 3.33. The normalized spacial score (nSPS) is 35.0. The van der Waals surface area contributed by atoms with Crippen molar-refractivity contribution < 1.29 is 13.2 Å². The number of hydrogen-bond acceptors (Lipinski definition) is 3. The fourth-order valence-electron chi connectivity index (χ4n) is 3.97. The molecule has 0 N–H and O–H groups in total. The van der Waals surface area contributed by atoms with Crippen molar-refractivity contribution in [2.75, 3.05) is 10.6 Å². The van der Waals surface area contributed by atoms with Crippen molar-refractivity contribution in [3.63, 3.8) is 0 Å². The summed E-state index contributed by atoms with van der Waals surface area (Å²) in [6.07, 6.45) is 2.63. The molecule has 0 radical (unpaired) electrons. The number of aryl methyl sites for hydroxylation is 2. The zero-order valence-corrected chi connectivity index (χ0v) is 12.1. The van der Waals surface area contributed by atoms with Gasteiger partial charge in [0.05, 0.1) is 24.1 Å². The smallest absolute Gasteiger partial charge is 0.232 e. The van der Waals surface area contributed by atoms with Gasteiger partial charge in [-0.05, 0) is 37.0 Å². The van der Waals surface area contributed by atoms with E-state index in [1.54, 1.807) is 4.31 Å². The maximum absolute atomic E-state index is 12.2. The molecule has 1 aromatic rings. The molecule has 102 valence electrons. The number of sulfonamides is 1. The number of nitrogens with zero attached hydrogens (tertiary/aromatic N) is 1. The first-order chi connectivity index (χ1) is 8.89. The molecule has 0 unspecified atom stereocenters. The number of rotatable bonds is 1. The average molecular weight is 279 g/mol. The van der Waals surface area contributed by atoms with Crippen molar-refractivity contribution in [3.05, 3.63) is 28.8 Å². The summed E-state index contributed by atoms with van der Waals surface area (Å²) in [6.45, 7) is 4.06. The van der Waals surface area contributed by atoms with Gasteiger partial charge in [-0.2, -0.15) is 0 Å². The summed E-state index contributed by atoms with van der Waals surface area (Å²) in [5.74, 6) is 0.313. The van der Waals surface area contributed by atoms with Crippen LogP contribution in [0, 0.1) is 13.8 Å². The van der Waals surface area contributed by atoms with Gasteiger partial charge in [-0.15, -0.1) is 0 Å². The SMILES string of the molecule is Cc1ccc(C)c2c1[C@@H]1C[C@@H]3O[C@@H]3[C@@H]1N2S(C)(=O)=O. The topological polar surface area (TPSA) is 49.9 Å². The minimum atomic E-state index is -3.26. The fraction of sp³-hybridized carbons (Fsp3) is 0.571. The summed E-state index contributed by atoms with van der Waals surface area (Å²) >= 11 is 0. The molecule has 2 aliphatic heterocycles. The van der Waals surface area contributed by atoms with E-state index in [-0.39, 0.29) is 18.2 Å². The Morgan fingerprint density at radius 1 is 1.26 bits per heavy atom. The third-order valence-corrected chi connectivity index (χ3v) is 5.85. The van der Waals surface area contributed by atoms with Gasteiger partial charge in [0.25, 0.3) is 0 Å². The Balaban J connectivity index is 2.00. The molecule has 1 aromatic carbocycles. The summed E-state index contributed by atoms with van der Waals surface area (Å²) in [7, 11) is -3.26. The van der Waals surface area contributed by atoms with Crippen LogP contribution in [0.4, 0.5) is 5.69 Å². The first-order valence-corrected chi connectivity index (χ1v) is 8.49. The van der Waals surface area contributed by atoms with Crippen molar-refractivity contribution in [1.29, 1.82) is 0 Å². The van der Waals surface area contributed by atoms with Crippen LogP contribution in [-0.4, -0.2) is 32.9 Å². The van der Waals surface area contributed by atoms with Crippen LogP contribution >= 0.6 is 0 Å². The van der Waals surface area contributed by atoms with Gasteiger partial charge < -0.3 is 4.74 Å². The minimum absolute atomic E-state index is 0.0187. The second-order valence-electron chi connectivity index (χ2n) is 5.99. The Hall–Kier alpha value is -1.07. The van der Waals surface area contributed by atoms with Crippen LogP contribution in [0.25, 0.3) is 0 Å². The standard InChI is InChI=1S/C14H17NO3S/c1-7-4-5-8(2)12-11(7)9-6-10-14(18-10)13(9)15(12)19(3,16)17/h4-5,9-10,13-14H,6H2,1-3H3/t9-,10-,13+,14-/m0/s1. The Morgan fingerprint density at radius 2 is 1.95 bits per heavy atom. The van der Waals surface area contributed by atoms with E-state index in [1.165, 1.54) is 17.4 Å². The highest BCUT2D eigenvalue weighted by atomic mass is 32.2. The molecule has 2 heterocycles. The molecule has 0 spiro atoms. The molecule has 1 saturated carbocycles. The molecule has 5 heteroatoms. The highest BCUT2D eigenvalue weighted by Gasteiger charge is 2.63. The van der Waals surface area contributed by atoms with Crippen molar-refractivity contribution in [2.24, 2.45) is 0 Å². The van der Waals surface area contributed by atoms with Gasteiger partial charge in [0.2, 0.25) is 10.0 Å². The Morgan fingerprint density at radius 3 is 2.63 bits per heavy atom. The van der Waals surface area contributed by atoms with E-state index in [9.17, 15) is 8.42 Å². The van der Waals surface area contributed by atoms with Gasteiger partial charge in [0.1, 0.15) is 6.10 Å². The molecule has 2 fully saturated rings. The molecule has 0 amide bonds. The van der Waals surface area contributed by atoms with Crippen LogP contribution in [0.15, 0.2) is 12.1 Å². The molecule has 4 nitrogen and oxygen atoms in total. The lowest BCUT2D eigenvalue weighted by molar-refractivity contribution is 0.290. The quantitative estimate of drug-likeness (QED) is 0.735. The first kappa shape index (κ1) is 11.7. The zero-order valence-electron chi connectivity index (χ0n) is 11.3. The lowest BCUT2D eigenvalue weighted by Crippen LogP contribution is -2.40. The maximum atomic E-state index is 12.2. The van der Waals surface area contributed by atoms with Crippen LogP contribution < -0.4 is 4.31 Å². The van der Waals surface area contributed by atoms with E-state index < -0.39 is 10.0 Å². The number of fused-ring (bicyclic) bond motifs is 5. The van der Waals surface area contributed by atoms with E-state index in [0.717, 1.165) is 17.7 Å². The number of hydrogen-bond donors (Lipinski definition) is 0. The van der Waals surface area contributed by atoms with Gasteiger partial charge in [-0.3, -0.25) is 4.31 Å². The number of ether oxygens (including phenoxy) is 1. The van der Waals surface area contributed by atoms with Gasteiger partial charge in [-0.25, -0.2) is 8.42 Å². The number of anilines is 1. The van der Waals surface area contributed by atoms with Gasteiger partial charge in [-0.1, -0.05) is 12.1 Å². The maximum Gasteiger partial charge on any atom is 0.232 e. The first-order valence-electron chi connectivity index (χ1n) is 6.64. The van der Waals surface area contributed by atoms with Gasteiger partial charge >= 0.3 is 0 Å². The highest BCUT2D eigenvalue weighted by Crippen LogP contribution is 2.58. The summed E-state index contributed by atoms with van der Waals surface area (Å²) in [4.78, 5) is 0. The largest absolute Gasteiger partial charge is 0.367 e. The highest BCUT2D eigenvalue weighted by molar-refractivity contribution is 7.92. The van der Waals surface area contributed by atoms with Gasteiger partial charge in [0.15, 0.2) is 0 Å². The average Bonchev–Trinajstić information content (AvgIpc) is 2.82. The van der Waals surface area contributed by atoms with Crippen LogP contribution in [-0.2, 0) is 14.8 Å². The molecule has 0 bridgehead atoms. The molecule has 1 saturated heterocycles. The third-order valence-electron chi connectivity index (χ3n) is 4.71. The van der Waals surface area contributed by atoms with Crippen LogP contribution in [0.1, 0.15) is 29.0 Å². The van der Waals surface area contributed by atoms with Crippen molar-refractivity contribution in [2.45, 2.75) is 44.4 Å². The van der Waals surface area contributed by atoms with Crippen molar-refractivity contribution in [3.8, 4) is 0 Å². The molecule has 1 aliphatic carbocycles. The van der Waals surface area contributed by atoms with Crippen LogP contribution in [0.2, 0.25) is 0 Å². The number of benzene rings is 1. The fourth-order valence-corrected chi connectivity index (χ4v) is 5.25. The monoisotopic (exact) mass is 279 g/mol. The van der Waals surface area contributed by atoms with E-state index in [2.05, 4.69) is 13.0 Å². The molecule has 0 aromatic heterocycles. The summed E-state index contributed by atoms with van der Waals surface area (Å²) < 4.78 is 31.7. The summed E-state index contributed by atoms with van der Waals surface area (Å²) in [6, 6.07) is 4.09. The molecular formula is C14H17NO3S. The summed E-state index contributed by atoms with van der Waals surface area (Å²) in [5, 5.41) is 0. The lowest BCUT2D eigenvalue weighted by atomic mass is 9.91. The minimum Gasteiger partial charge on any atom is -0.367 e. The second-order valence-corrected chi connectivity index (χ2v) is 7.85. The predicted molar refractivity (Wildman–Crippen MR) is 73.0 cm³/mol. The predicted octanol–water partition coefficient (Wildman–Crippen LogP) is 1.71.